The highest BCUT2D eigenvalue weighted by Crippen LogP contribution is 2.36. The largest absolute Gasteiger partial charge is 0.507 e. The van der Waals surface area contributed by atoms with Gasteiger partial charge >= 0.3 is 0 Å². The SMILES string of the molecule is COc1ccc(C2=NN(C(C)=O)[C@@H](c3cccc(NS(C)(=O)=O)c3)C2)c(O)c1. The van der Waals surface area contributed by atoms with Gasteiger partial charge in [-0.2, -0.15) is 5.10 Å². The maximum atomic E-state index is 12.1. The monoisotopic (exact) mass is 403 g/mol. The molecule has 28 heavy (non-hydrogen) atoms. The van der Waals surface area contributed by atoms with Crippen molar-refractivity contribution < 1.29 is 23.1 Å². The summed E-state index contributed by atoms with van der Waals surface area (Å²) in [6, 6.07) is 11.3. The molecule has 0 unspecified atom stereocenters. The van der Waals surface area contributed by atoms with Crippen LogP contribution in [0.5, 0.6) is 11.5 Å². The van der Waals surface area contributed by atoms with Gasteiger partial charge in [-0.3, -0.25) is 9.52 Å². The van der Waals surface area contributed by atoms with Crippen molar-refractivity contribution in [1.29, 1.82) is 0 Å². The number of rotatable bonds is 5. The van der Waals surface area contributed by atoms with Crippen molar-refractivity contribution in [3.63, 3.8) is 0 Å². The lowest BCUT2D eigenvalue weighted by Gasteiger charge is -2.21. The van der Waals surface area contributed by atoms with E-state index in [9.17, 15) is 18.3 Å². The zero-order valence-corrected chi connectivity index (χ0v) is 16.5. The van der Waals surface area contributed by atoms with Crippen molar-refractivity contribution in [3.8, 4) is 11.5 Å². The van der Waals surface area contributed by atoms with Gasteiger partial charge in [-0.25, -0.2) is 13.4 Å². The van der Waals surface area contributed by atoms with Gasteiger partial charge in [0.2, 0.25) is 15.9 Å². The fourth-order valence-electron chi connectivity index (χ4n) is 3.13. The lowest BCUT2D eigenvalue weighted by atomic mass is 9.97. The van der Waals surface area contributed by atoms with Gasteiger partial charge in [-0.05, 0) is 29.8 Å². The van der Waals surface area contributed by atoms with Crippen LogP contribution in [0.25, 0.3) is 0 Å². The van der Waals surface area contributed by atoms with E-state index < -0.39 is 16.1 Å². The second-order valence-corrected chi connectivity index (χ2v) is 8.26. The second-order valence-electron chi connectivity index (χ2n) is 6.51. The van der Waals surface area contributed by atoms with Crippen LogP contribution in [0, 0.1) is 0 Å². The molecule has 2 aromatic carbocycles. The number of hydrogen-bond acceptors (Lipinski definition) is 6. The van der Waals surface area contributed by atoms with Gasteiger partial charge in [0.15, 0.2) is 0 Å². The van der Waals surface area contributed by atoms with E-state index in [0.29, 0.717) is 29.1 Å². The first-order valence-electron chi connectivity index (χ1n) is 8.50. The molecule has 0 fully saturated rings. The van der Waals surface area contributed by atoms with E-state index in [-0.39, 0.29) is 11.7 Å². The zero-order chi connectivity index (χ0) is 20.5. The molecule has 0 radical (unpaired) electrons. The number of amides is 1. The van der Waals surface area contributed by atoms with E-state index in [2.05, 4.69) is 9.82 Å². The third-order valence-corrected chi connectivity index (χ3v) is 4.93. The van der Waals surface area contributed by atoms with Crippen LogP contribution < -0.4 is 9.46 Å². The maximum Gasteiger partial charge on any atom is 0.240 e. The molecule has 1 aliphatic rings. The summed E-state index contributed by atoms with van der Waals surface area (Å²) in [5.74, 6) is 0.267. The molecule has 1 heterocycles. The summed E-state index contributed by atoms with van der Waals surface area (Å²) in [6.45, 7) is 1.41. The van der Waals surface area contributed by atoms with Crippen LogP contribution in [0.3, 0.4) is 0 Å². The molecule has 2 aromatic rings. The number of aromatic hydroxyl groups is 1. The number of benzene rings is 2. The molecule has 0 saturated carbocycles. The number of ether oxygens (including phenoxy) is 1. The Morgan fingerprint density at radius 2 is 2.04 bits per heavy atom. The molecule has 0 spiro atoms. The fraction of sp³-hybridized carbons (Fsp3) is 0.263. The number of sulfonamides is 1. The Kier molecular flexibility index (Phi) is 5.28. The number of methoxy groups -OCH3 is 1. The molecule has 9 heteroatoms. The van der Waals surface area contributed by atoms with E-state index in [4.69, 9.17) is 4.74 Å². The highest BCUT2D eigenvalue weighted by Gasteiger charge is 2.32. The number of nitrogens with zero attached hydrogens (tertiary/aromatic N) is 2. The summed E-state index contributed by atoms with van der Waals surface area (Å²) in [5.41, 5.74) is 2.21. The molecule has 0 saturated heterocycles. The molecular formula is C19H21N3O5S. The van der Waals surface area contributed by atoms with Gasteiger partial charge in [0.05, 0.1) is 25.1 Å². The van der Waals surface area contributed by atoms with Crippen LogP contribution in [0.4, 0.5) is 5.69 Å². The summed E-state index contributed by atoms with van der Waals surface area (Å²) in [6.07, 6.45) is 1.45. The molecule has 0 bridgehead atoms. The minimum absolute atomic E-state index is 0.00902. The number of nitrogens with one attached hydrogen (secondary N) is 1. The van der Waals surface area contributed by atoms with E-state index >= 15 is 0 Å². The van der Waals surface area contributed by atoms with Gasteiger partial charge in [0.1, 0.15) is 11.5 Å². The molecular weight excluding hydrogens is 382 g/mol. The van der Waals surface area contributed by atoms with Crippen molar-refractivity contribution in [2.24, 2.45) is 5.10 Å². The average Bonchev–Trinajstić information content (AvgIpc) is 3.05. The third-order valence-electron chi connectivity index (χ3n) is 4.32. The number of hydrazone groups is 1. The van der Waals surface area contributed by atoms with Crippen LogP contribution in [0.1, 0.15) is 30.5 Å². The fourth-order valence-corrected chi connectivity index (χ4v) is 3.68. The minimum atomic E-state index is -3.42. The number of anilines is 1. The number of carbonyl (C=O) groups is 1. The van der Waals surface area contributed by atoms with Gasteiger partial charge in [-0.15, -0.1) is 0 Å². The van der Waals surface area contributed by atoms with Gasteiger partial charge < -0.3 is 9.84 Å². The Morgan fingerprint density at radius 3 is 2.64 bits per heavy atom. The van der Waals surface area contributed by atoms with Crippen molar-refractivity contribution in [2.75, 3.05) is 18.1 Å². The Labute approximate surface area is 163 Å². The van der Waals surface area contributed by atoms with Crippen molar-refractivity contribution in [3.05, 3.63) is 53.6 Å². The van der Waals surface area contributed by atoms with Gasteiger partial charge in [-0.1, -0.05) is 12.1 Å². The lowest BCUT2D eigenvalue weighted by Crippen LogP contribution is -2.24. The number of phenols is 1. The molecule has 3 rings (SSSR count). The van der Waals surface area contributed by atoms with Crippen molar-refractivity contribution >= 4 is 27.3 Å². The van der Waals surface area contributed by atoms with E-state index in [1.54, 1.807) is 36.4 Å². The summed E-state index contributed by atoms with van der Waals surface area (Å²) in [7, 11) is -1.91. The first kappa shape index (κ1) is 19.7. The lowest BCUT2D eigenvalue weighted by molar-refractivity contribution is -0.130. The van der Waals surface area contributed by atoms with Crippen LogP contribution in [-0.4, -0.2) is 43.5 Å². The van der Waals surface area contributed by atoms with Gasteiger partial charge in [0, 0.05) is 30.7 Å². The predicted molar refractivity (Wildman–Crippen MR) is 106 cm³/mol. The first-order valence-corrected chi connectivity index (χ1v) is 10.4. The average molecular weight is 403 g/mol. The Morgan fingerprint density at radius 1 is 1.29 bits per heavy atom. The van der Waals surface area contributed by atoms with E-state index in [1.807, 2.05) is 0 Å². The summed E-state index contributed by atoms with van der Waals surface area (Å²) in [4.78, 5) is 12.1. The maximum absolute atomic E-state index is 12.1. The van der Waals surface area contributed by atoms with Crippen LogP contribution >= 0.6 is 0 Å². The molecule has 0 aliphatic carbocycles. The Bertz CT molecular complexity index is 1050. The summed E-state index contributed by atoms with van der Waals surface area (Å²) >= 11 is 0. The highest BCUT2D eigenvalue weighted by atomic mass is 32.2. The zero-order valence-electron chi connectivity index (χ0n) is 15.7. The van der Waals surface area contributed by atoms with Gasteiger partial charge in [0.25, 0.3) is 0 Å². The predicted octanol–water partition coefficient (Wildman–Crippen LogP) is 2.47. The molecule has 148 valence electrons. The van der Waals surface area contributed by atoms with Crippen molar-refractivity contribution in [2.45, 2.75) is 19.4 Å². The standard InChI is InChI=1S/C19H21N3O5S/c1-12(23)22-18(13-5-4-6-14(9-13)21-28(3,25)26)11-17(20-22)16-8-7-15(27-2)10-19(16)24/h4-10,18,21,24H,11H2,1-3H3/t18-/m1/s1. The summed E-state index contributed by atoms with van der Waals surface area (Å²) < 4.78 is 30.5. The smallest absolute Gasteiger partial charge is 0.240 e. The Balaban J connectivity index is 1.94. The summed E-state index contributed by atoms with van der Waals surface area (Å²) in [5, 5.41) is 16.0. The minimum Gasteiger partial charge on any atom is -0.507 e. The molecule has 8 nitrogen and oxygen atoms in total. The molecule has 1 aliphatic heterocycles. The first-order chi connectivity index (χ1) is 13.2. The molecule has 1 atom stereocenters. The molecule has 2 N–H and O–H groups in total. The Hall–Kier alpha value is -3.07. The second kappa shape index (κ2) is 7.51. The molecule has 1 amide bonds. The van der Waals surface area contributed by atoms with E-state index in [0.717, 1.165) is 11.8 Å². The van der Waals surface area contributed by atoms with Crippen LogP contribution in [0.2, 0.25) is 0 Å². The van der Waals surface area contributed by atoms with E-state index in [1.165, 1.54) is 25.1 Å². The van der Waals surface area contributed by atoms with Crippen molar-refractivity contribution in [1.82, 2.24) is 5.01 Å². The molecule has 0 aromatic heterocycles. The van der Waals surface area contributed by atoms with Crippen LogP contribution in [-0.2, 0) is 14.8 Å². The topological polar surface area (TPSA) is 108 Å². The third kappa shape index (κ3) is 4.25. The number of carbonyl (C=O) groups excluding carboxylic acids is 1. The quantitative estimate of drug-likeness (QED) is 0.797. The highest BCUT2D eigenvalue weighted by molar-refractivity contribution is 7.92. The van der Waals surface area contributed by atoms with Crippen LogP contribution in [0.15, 0.2) is 47.6 Å². The number of phenolic OH excluding ortho intramolecular Hbond substituents is 1. The number of hydrogen-bond donors (Lipinski definition) is 2. The normalized spacial score (nSPS) is 16.6.